The Balaban J connectivity index is 1.81. The molecule has 0 spiro atoms. The second-order valence-corrected chi connectivity index (χ2v) is 6.27. The minimum atomic E-state index is 0.330. The highest BCUT2D eigenvalue weighted by atomic mass is 32.1. The van der Waals surface area contributed by atoms with Gasteiger partial charge in [0.25, 0.3) is 0 Å². The van der Waals surface area contributed by atoms with Gasteiger partial charge >= 0.3 is 0 Å². The smallest absolute Gasteiger partial charge is 0.0790 e. The lowest BCUT2D eigenvalue weighted by atomic mass is 9.58. The maximum absolute atomic E-state index is 5.93. The van der Waals surface area contributed by atoms with Gasteiger partial charge in [0, 0.05) is 5.41 Å². The fourth-order valence-corrected chi connectivity index (χ4v) is 5.43. The summed E-state index contributed by atoms with van der Waals surface area (Å²) in [7, 11) is 0. The first-order valence-corrected chi connectivity index (χ1v) is 5.92. The van der Waals surface area contributed by atoms with Gasteiger partial charge < -0.3 is 5.73 Å². The van der Waals surface area contributed by atoms with Crippen LogP contribution in [0.3, 0.4) is 0 Å². The summed E-state index contributed by atoms with van der Waals surface area (Å²) in [6, 6.07) is 0. The molecule has 70 valence electrons. The summed E-state index contributed by atoms with van der Waals surface area (Å²) in [5, 5.41) is 0. The van der Waals surface area contributed by atoms with Crippen molar-refractivity contribution in [3.63, 3.8) is 0 Å². The SMILES string of the molecule is NC(=S)C12CC3CC(C1)C1C(C2)C31. The van der Waals surface area contributed by atoms with E-state index >= 15 is 0 Å². The summed E-state index contributed by atoms with van der Waals surface area (Å²) in [4.78, 5) is 0.839. The lowest BCUT2D eigenvalue weighted by Gasteiger charge is -2.47. The molecule has 4 atom stereocenters. The fraction of sp³-hybridized carbons (Fsp3) is 0.909. The van der Waals surface area contributed by atoms with E-state index in [0.717, 1.165) is 34.6 Å². The van der Waals surface area contributed by atoms with Crippen LogP contribution < -0.4 is 5.73 Å². The third-order valence-corrected chi connectivity index (χ3v) is 5.87. The molecule has 0 aromatic rings. The number of rotatable bonds is 1. The Morgan fingerprint density at radius 3 is 2.23 bits per heavy atom. The molecule has 5 aliphatic carbocycles. The molecule has 0 amide bonds. The highest BCUT2D eigenvalue weighted by molar-refractivity contribution is 7.80. The van der Waals surface area contributed by atoms with Crippen molar-refractivity contribution in [1.82, 2.24) is 0 Å². The Bertz CT molecular complexity index is 293. The zero-order chi connectivity index (χ0) is 8.79. The van der Waals surface area contributed by atoms with Gasteiger partial charge in [-0.15, -0.1) is 0 Å². The second kappa shape index (κ2) is 1.81. The van der Waals surface area contributed by atoms with E-state index in [1.165, 1.54) is 25.7 Å². The predicted molar refractivity (Wildman–Crippen MR) is 55.1 cm³/mol. The Morgan fingerprint density at radius 2 is 1.77 bits per heavy atom. The van der Waals surface area contributed by atoms with E-state index in [4.69, 9.17) is 18.0 Å². The van der Waals surface area contributed by atoms with Crippen molar-refractivity contribution >= 4 is 17.2 Å². The van der Waals surface area contributed by atoms with Crippen LogP contribution in [0, 0.1) is 35.0 Å². The summed E-state index contributed by atoms with van der Waals surface area (Å²) >= 11 is 5.27. The van der Waals surface area contributed by atoms with Crippen molar-refractivity contribution in [2.45, 2.75) is 25.7 Å². The van der Waals surface area contributed by atoms with Crippen molar-refractivity contribution in [2.24, 2.45) is 40.7 Å². The largest absolute Gasteiger partial charge is 0.393 e. The molecule has 0 saturated heterocycles. The van der Waals surface area contributed by atoms with E-state index < -0.39 is 0 Å². The van der Waals surface area contributed by atoms with E-state index in [1.807, 2.05) is 0 Å². The van der Waals surface area contributed by atoms with Gasteiger partial charge in [0.15, 0.2) is 0 Å². The van der Waals surface area contributed by atoms with Gasteiger partial charge in [0.1, 0.15) is 0 Å². The van der Waals surface area contributed by atoms with Crippen LogP contribution in [0.15, 0.2) is 0 Å². The van der Waals surface area contributed by atoms with Crippen LogP contribution in [0.25, 0.3) is 0 Å². The minimum Gasteiger partial charge on any atom is -0.393 e. The average Bonchev–Trinajstić information content (AvgIpc) is 2.71. The maximum atomic E-state index is 5.93. The lowest BCUT2D eigenvalue weighted by molar-refractivity contribution is 0.0851. The van der Waals surface area contributed by atoms with Crippen molar-refractivity contribution in [2.75, 3.05) is 0 Å². The molecule has 5 rings (SSSR count). The summed E-state index contributed by atoms with van der Waals surface area (Å²) in [6.07, 6.45) is 5.55. The fourth-order valence-electron chi connectivity index (χ4n) is 5.18. The highest BCUT2D eigenvalue weighted by Gasteiger charge is 2.72. The van der Waals surface area contributed by atoms with Crippen LogP contribution in [0.2, 0.25) is 0 Å². The molecule has 5 saturated carbocycles. The van der Waals surface area contributed by atoms with Crippen LogP contribution in [-0.4, -0.2) is 4.99 Å². The molecule has 0 aromatic heterocycles. The molecule has 13 heavy (non-hydrogen) atoms. The van der Waals surface area contributed by atoms with Gasteiger partial charge in [-0.25, -0.2) is 0 Å². The van der Waals surface area contributed by atoms with Gasteiger partial charge in [-0.05, 0) is 55.3 Å². The third-order valence-electron chi connectivity index (χ3n) is 5.44. The van der Waals surface area contributed by atoms with E-state index in [2.05, 4.69) is 0 Å². The first-order valence-electron chi connectivity index (χ1n) is 5.51. The van der Waals surface area contributed by atoms with E-state index in [0.29, 0.717) is 5.41 Å². The van der Waals surface area contributed by atoms with Crippen molar-refractivity contribution in [3.05, 3.63) is 0 Å². The Morgan fingerprint density at radius 1 is 1.15 bits per heavy atom. The first-order chi connectivity index (χ1) is 6.21. The highest BCUT2D eigenvalue weighted by Crippen LogP contribution is 2.77. The van der Waals surface area contributed by atoms with Crippen LogP contribution in [0.5, 0.6) is 0 Å². The van der Waals surface area contributed by atoms with Gasteiger partial charge in [-0.3, -0.25) is 0 Å². The van der Waals surface area contributed by atoms with Gasteiger partial charge in [-0.1, -0.05) is 12.2 Å². The quantitative estimate of drug-likeness (QED) is 0.644. The van der Waals surface area contributed by atoms with E-state index in [1.54, 1.807) is 0 Å². The molecule has 2 heteroatoms. The molecule has 4 unspecified atom stereocenters. The molecule has 2 N–H and O–H groups in total. The van der Waals surface area contributed by atoms with Gasteiger partial charge in [-0.2, -0.15) is 0 Å². The zero-order valence-electron chi connectivity index (χ0n) is 7.70. The molecular formula is C11H15NS. The standard InChI is InChI=1S/C11H15NS/c12-10(13)11-2-5-1-6(3-11)9-7(4-11)8(5)9/h5-9H,1-4H2,(H2,12,13). The molecule has 0 aromatic carbocycles. The van der Waals surface area contributed by atoms with Crippen LogP contribution in [-0.2, 0) is 0 Å². The van der Waals surface area contributed by atoms with Crippen molar-refractivity contribution in [1.29, 1.82) is 0 Å². The molecule has 5 fully saturated rings. The van der Waals surface area contributed by atoms with Crippen LogP contribution in [0.4, 0.5) is 0 Å². The Labute approximate surface area is 84.1 Å². The third kappa shape index (κ3) is 0.632. The molecule has 0 heterocycles. The maximum Gasteiger partial charge on any atom is 0.0790 e. The first kappa shape index (κ1) is 7.22. The summed E-state index contributed by atoms with van der Waals surface area (Å²) in [5.74, 6) is 5.32. The molecule has 1 nitrogen and oxygen atoms in total. The molecule has 0 radical (unpaired) electrons. The van der Waals surface area contributed by atoms with Crippen LogP contribution in [0.1, 0.15) is 25.7 Å². The number of hydrogen-bond donors (Lipinski definition) is 1. The predicted octanol–water partition coefficient (Wildman–Crippen LogP) is 1.95. The average molecular weight is 193 g/mol. The Kier molecular flexibility index (Phi) is 1.01. The van der Waals surface area contributed by atoms with Crippen LogP contribution >= 0.6 is 12.2 Å². The van der Waals surface area contributed by atoms with E-state index in [-0.39, 0.29) is 0 Å². The second-order valence-electron chi connectivity index (χ2n) is 5.83. The Hall–Kier alpha value is -0.110. The number of thiocarbonyl (C=S) groups is 1. The normalized spacial score (nSPS) is 65.4. The van der Waals surface area contributed by atoms with Gasteiger partial charge in [0.2, 0.25) is 0 Å². The number of nitrogens with two attached hydrogens (primary N) is 1. The van der Waals surface area contributed by atoms with Crippen molar-refractivity contribution in [3.8, 4) is 0 Å². The topological polar surface area (TPSA) is 26.0 Å². The minimum absolute atomic E-state index is 0.330. The van der Waals surface area contributed by atoms with Gasteiger partial charge in [0.05, 0.1) is 4.99 Å². The lowest BCUT2D eigenvalue weighted by Crippen LogP contribution is -2.46. The molecular weight excluding hydrogens is 178 g/mol. The number of hydrogen-bond acceptors (Lipinski definition) is 1. The summed E-state index contributed by atoms with van der Waals surface area (Å²) in [5.41, 5.74) is 6.26. The molecule has 4 bridgehead atoms. The summed E-state index contributed by atoms with van der Waals surface area (Å²) < 4.78 is 0. The van der Waals surface area contributed by atoms with Crippen molar-refractivity contribution < 1.29 is 0 Å². The van der Waals surface area contributed by atoms with E-state index in [9.17, 15) is 0 Å². The molecule has 0 aliphatic heterocycles. The zero-order valence-corrected chi connectivity index (χ0v) is 8.52. The monoisotopic (exact) mass is 193 g/mol. The summed E-state index contributed by atoms with van der Waals surface area (Å²) in [6.45, 7) is 0. The molecule has 5 aliphatic rings.